The van der Waals surface area contributed by atoms with E-state index in [1.165, 1.54) is 13.0 Å². The normalized spacial score (nSPS) is 13.1. The fourth-order valence-electron chi connectivity index (χ4n) is 2.10. The van der Waals surface area contributed by atoms with Crippen LogP contribution < -0.4 is 10.9 Å². The van der Waals surface area contributed by atoms with E-state index in [0.29, 0.717) is 5.69 Å². The number of rotatable bonds is 6. The molecule has 7 heteroatoms. The maximum atomic E-state index is 12.1. The first kappa shape index (κ1) is 17.4. The Bertz CT molecular complexity index is 801. The number of carbonyl (C=O) groups is 2. The van der Waals surface area contributed by atoms with Gasteiger partial charge in [0.15, 0.2) is 0 Å². The van der Waals surface area contributed by atoms with Crippen molar-refractivity contribution in [3.05, 3.63) is 52.8 Å². The number of nitrogens with one attached hydrogen (secondary N) is 1. The van der Waals surface area contributed by atoms with E-state index in [2.05, 4.69) is 10.4 Å². The minimum absolute atomic E-state index is 0.223. The molecule has 0 saturated carbocycles. The Kier molecular flexibility index (Phi) is 5.13. The van der Waals surface area contributed by atoms with Gasteiger partial charge in [0, 0.05) is 11.6 Å². The van der Waals surface area contributed by atoms with Crippen LogP contribution in [0.1, 0.15) is 20.3 Å². The summed E-state index contributed by atoms with van der Waals surface area (Å²) in [4.78, 5) is 35.3. The predicted octanol–water partition coefficient (Wildman–Crippen LogP) is 1.28. The molecule has 0 aliphatic carbocycles. The van der Waals surface area contributed by atoms with Gasteiger partial charge in [0.2, 0.25) is 5.91 Å². The summed E-state index contributed by atoms with van der Waals surface area (Å²) in [5.41, 5.74) is -0.439. The van der Waals surface area contributed by atoms with Crippen LogP contribution in [0.4, 0.5) is 0 Å². The molecule has 0 spiro atoms. The van der Waals surface area contributed by atoms with Crippen molar-refractivity contribution in [3.63, 3.8) is 0 Å². The first-order valence-electron chi connectivity index (χ1n) is 7.54. The van der Waals surface area contributed by atoms with Gasteiger partial charge in [-0.05, 0) is 19.4 Å². The first-order chi connectivity index (χ1) is 11.4. The number of carbonyl (C=O) groups excluding carboxylic acids is 1. The molecule has 2 rings (SSSR count). The maximum Gasteiger partial charge on any atom is 0.329 e. The van der Waals surface area contributed by atoms with E-state index in [0.717, 1.165) is 10.2 Å². The van der Waals surface area contributed by atoms with Crippen molar-refractivity contribution in [2.24, 2.45) is 0 Å². The number of carboxylic acids is 1. The number of hydrogen-bond acceptors (Lipinski definition) is 4. The molecule has 1 amide bonds. The second-order valence-corrected chi connectivity index (χ2v) is 5.62. The van der Waals surface area contributed by atoms with Gasteiger partial charge in [0.05, 0.1) is 5.69 Å². The van der Waals surface area contributed by atoms with Crippen LogP contribution in [0.15, 0.2) is 47.3 Å². The SMILES string of the molecule is CCC(C)(NC(=O)Cn1nc(-c2ccccc2)ccc1=O)C(=O)O. The number of aliphatic carboxylic acids is 1. The van der Waals surface area contributed by atoms with Crippen molar-refractivity contribution >= 4 is 11.9 Å². The Morgan fingerprint density at radius 3 is 2.46 bits per heavy atom. The van der Waals surface area contributed by atoms with E-state index < -0.39 is 23.0 Å². The van der Waals surface area contributed by atoms with E-state index >= 15 is 0 Å². The highest BCUT2D eigenvalue weighted by Crippen LogP contribution is 2.14. The molecule has 24 heavy (non-hydrogen) atoms. The number of hydrogen-bond donors (Lipinski definition) is 2. The molecule has 0 bridgehead atoms. The third-order valence-electron chi connectivity index (χ3n) is 3.82. The van der Waals surface area contributed by atoms with E-state index in [4.69, 9.17) is 0 Å². The Balaban J connectivity index is 2.22. The minimum atomic E-state index is -1.38. The van der Waals surface area contributed by atoms with Gasteiger partial charge < -0.3 is 10.4 Å². The molecule has 1 heterocycles. The summed E-state index contributed by atoms with van der Waals surface area (Å²) in [6.45, 7) is 2.74. The second-order valence-electron chi connectivity index (χ2n) is 5.62. The van der Waals surface area contributed by atoms with Gasteiger partial charge in [0.25, 0.3) is 5.56 Å². The summed E-state index contributed by atoms with van der Waals surface area (Å²) < 4.78 is 1.02. The van der Waals surface area contributed by atoms with Gasteiger partial charge >= 0.3 is 5.97 Å². The van der Waals surface area contributed by atoms with Crippen LogP contribution in [-0.4, -0.2) is 32.3 Å². The third-order valence-corrected chi connectivity index (χ3v) is 3.82. The monoisotopic (exact) mass is 329 g/mol. The molecule has 1 unspecified atom stereocenters. The quantitative estimate of drug-likeness (QED) is 0.831. The third kappa shape index (κ3) is 3.87. The molecule has 7 nitrogen and oxygen atoms in total. The van der Waals surface area contributed by atoms with Crippen molar-refractivity contribution in [2.75, 3.05) is 0 Å². The lowest BCUT2D eigenvalue weighted by molar-refractivity contribution is -0.147. The van der Waals surface area contributed by atoms with Crippen LogP contribution in [0.2, 0.25) is 0 Å². The molecule has 126 valence electrons. The van der Waals surface area contributed by atoms with Gasteiger partial charge in [-0.25, -0.2) is 9.48 Å². The highest BCUT2D eigenvalue weighted by atomic mass is 16.4. The zero-order chi connectivity index (χ0) is 17.7. The molecule has 0 fully saturated rings. The molecule has 0 aliphatic heterocycles. The van der Waals surface area contributed by atoms with Crippen molar-refractivity contribution in [3.8, 4) is 11.3 Å². The summed E-state index contributed by atoms with van der Waals surface area (Å²) >= 11 is 0. The molecule has 1 aromatic carbocycles. The first-order valence-corrected chi connectivity index (χ1v) is 7.54. The fourth-order valence-corrected chi connectivity index (χ4v) is 2.10. The largest absolute Gasteiger partial charge is 0.480 e. The highest BCUT2D eigenvalue weighted by Gasteiger charge is 2.32. The van der Waals surface area contributed by atoms with Crippen molar-refractivity contribution < 1.29 is 14.7 Å². The van der Waals surface area contributed by atoms with Gasteiger partial charge in [-0.1, -0.05) is 37.3 Å². The topological polar surface area (TPSA) is 101 Å². The number of aromatic nitrogens is 2. The molecule has 1 atom stereocenters. The summed E-state index contributed by atoms with van der Waals surface area (Å²) in [5, 5.41) is 15.8. The average Bonchev–Trinajstić information content (AvgIpc) is 2.57. The van der Waals surface area contributed by atoms with Crippen LogP contribution in [0.3, 0.4) is 0 Å². The van der Waals surface area contributed by atoms with E-state index in [9.17, 15) is 19.5 Å². The lowest BCUT2D eigenvalue weighted by Gasteiger charge is -2.24. The van der Waals surface area contributed by atoms with Gasteiger partial charge in [0.1, 0.15) is 12.1 Å². The lowest BCUT2D eigenvalue weighted by atomic mass is 9.99. The Morgan fingerprint density at radius 2 is 1.88 bits per heavy atom. The second kappa shape index (κ2) is 7.08. The molecule has 2 aromatic rings. The Hall–Kier alpha value is -2.96. The Labute approximate surface area is 138 Å². The fraction of sp³-hybridized carbons (Fsp3) is 0.294. The van der Waals surface area contributed by atoms with Crippen LogP contribution in [-0.2, 0) is 16.1 Å². The van der Waals surface area contributed by atoms with E-state index in [1.54, 1.807) is 13.0 Å². The summed E-state index contributed by atoms with van der Waals surface area (Å²) in [7, 11) is 0. The smallest absolute Gasteiger partial charge is 0.329 e. The molecule has 2 N–H and O–H groups in total. The van der Waals surface area contributed by atoms with Gasteiger partial charge in [-0.15, -0.1) is 0 Å². The van der Waals surface area contributed by atoms with Crippen molar-refractivity contribution in [2.45, 2.75) is 32.4 Å². The van der Waals surface area contributed by atoms with Gasteiger partial charge in [-0.3, -0.25) is 9.59 Å². The summed E-state index contributed by atoms with van der Waals surface area (Å²) in [6, 6.07) is 12.2. The zero-order valence-electron chi connectivity index (χ0n) is 13.5. The molecule has 0 radical (unpaired) electrons. The highest BCUT2D eigenvalue weighted by molar-refractivity contribution is 5.86. The summed E-state index contributed by atoms with van der Waals surface area (Å²) in [5.74, 6) is -1.71. The molecule has 1 aromatic heterocycles. The number of carboxylic acid groups (broad SMARTS) is 1. The molecular formula is C17H19N3O4. The molecule has 0 aliphatic rings. The van der Waals surface area contributed by atoms with Crippen LogP contribution in [0.25, 0.3) is 11.3 Å². The predicted molar refractivity (Wildman–Crippen MR) is 88.4 cm³/mol. The van der Waals surface area contributed by atoms with Crippen LogP contribution in [0.5, 0.6) is 0 Å². The number of amides is 1. The standard InChI is InChI=1S/C17H19N3O4/c1-3-17(2,16(23)24)18-14(21)11-20-15(22)10-9-13(19-20)12-7-5-4-6-8-12/h4-10H,3,11H2,1-2H3,(H,18,21)(H,23,24). The Morgan fingerprint density at radius 1 is 1.21 bits per heavy atom. The number of nitrogens with zero attached hydrogens (tertiary/aromatic N) is 2. The minimum Gasteiger partial charge on any atom is -0.480 e. The van der Waals surface area contributed by atoms with E-state index in [1.807, 2.05) is 30.3 Å². The van der Waals surface area contributed by atoms with Crippen molar-refractivity contribution in [1.29, 1.82) is 0 Å². The van der Waals surface area contributed by atoms with Crippen LogP contribution >= 0.6 is 0 Å². The maximum absolute atomic E-state index is 12.1. The van der Waals surface area contributed by atoms with Crippen molar-refractivity contribution in [1.82, 2.24) is 15.1 Å². The number of benzene rings is 1. The van der Waals surface area contributed by atoms with Crippen LogP contribution in [0, 0.1) is 0 Å². The van der Waals surface area contributed by atoms with E-state index in [-0.39, 0.29) is 13.0 Å². The molecular weight excluding hydrogens is 310 g/mol. The molecule has 0 saturated heterocycles. The summed E-state index contributed by atoms with van der Waals surface area (Å²) in [6.07, 6.45) is 0.223. The van der Waals surface area contributed by atoms with Gasteiger partial charge in [-0.2, -0.15) is 5.10 Å². The average molecular weight is 329 g/mol. The lowest BCUT2D eigenvalue weighted by Crippen LogP contribution is -2.53. The zero-order valence-corrected chi connectivity index (χ0v) is 13.5.